The predicted molar refractivity (Wildman–Crippen MR) is 61.1 cm³/mol. The van der Waals surface area contributed by atoms with E-state index >= 15 is 0 Å². The van der Waals surface area contributed by atoms with Gasteiger partial charge in [-0.2, -0.15) is 13.2 Å². The van der Waals surface area contributed by atoms with Gasteiger partial charge in [-0.3, -0.25) is 0 Å². The molecule has 0 aliphatic heterocycles. The van der Waals surface area contributed by atoms with Crippen molar-refractivity contribution in [3.05, 3.63) is 36.5 Å². The van der Waals surface area contributed by atoms with E-state index in [4.69, 9.17) is 0 Å². The van der Waals surface area contributed by atoms with E-state index in [0.717, 1.165) is 12.1 Å². The first-order valence-corrected chi connectivity index (χ1v) is 6.50. The first kappa shape index (κ1) is 13.5. The average Bonchev–Trinajstić information content (AvgIpc) is 2.81. The van der Waals surface area contributed by atoms with Gasteiger partial charge in [-0.1, -0.05) is 0 Å². The third kappa shape index (κ3) is 2.30. The number of H-pyrrole nitrogens is 1. The number of benzene rings is 1. The van der Waals surface area contributed by atoms with Crippen molar-refractivity contribution in [3.8, 4) is 17.0 Å². The molecule has 19 heavy (non-hydrogen) atoms. The minimum absolute atomic E-state index is 0.0182. The molecule has 2 aromatic rings. The number of sulfone groups is 1. The molecule has 2 N–H and O–H groups in total. The number of halogens is 3. The van der Waals surface area contributed by atoms with Crippen LogP contribution in [0.15, 0.2) is 41.4 Å². The first-order valence-electron chi connectivity index (χ1n) is 5.01. The second-order valence-electron chi connectivity index (χ2n) is 3.71. The largest absolute Gasteiger partial charge is 0.507 e. The van der Waals surface area contributed by atoms with Crippen molar-refractivity contribution in [2.75, 3.05) is 0 Å². The maximum absolute atomic E-state index is 12.4. The van der Waals surface area contributed by atoms with Crippen LogP contribution < -0.4 is 0 Å². The summed E-state index contributed by atoms with van der Waals surface area (Å²) in [5.74, 6) is -0.316. The smallest absolute Gasteiger partial charge is 0.501 e. The molecule has 0 bridgehead atoms. The topological polar surface area (TPSA) is 70.2 Å². The lowest BCUT2D eigenvalue weighted by molar-refractivity contribution is -0.0436. The number of aromatic hydroxyl groups is 1. The standard InChI is InChI=1S/C11H8F3NO3S/c12-11(13,14)19(17,18)7-3-4-10(16)8(6-7)9-2-1-5-15-9/h1-6,15-16H. The molecule has 8 heteroatoms. The number of aromatic nitrogens is 1. The van der Waals surface area contributed by atoms with Gasteiger partial charge in [0.05, 0.1) is 4.90 Å². The molecule has 1 heterocycles. The van der Waals surface area contributed by atoms with Crippen LogP contribution in [0.2, 0.25) is 0 Å². The molecule has 2 rings (SSSR count). The number of alkyl halides is 3. The van der Waals surface area contributed by atoms with Crippen LogP contribution in [0.3, 0.4) is 0 Å². The molecule has 0 saturated heterocycles. The molecule has 0 saturated carbocycles. The summed E-state index contributed by atoms with van der Waals surface area (Å²) in [5.41, 5.74) is -5.08. The quantitative estimate of drug-likeness (QED) is 0.893. The molecule has 1 aromatic carbocycles. The Morgan fingerprint density at radius 3 is 2.37 bits per heavy atom. The third-order valence-electron chi connectivity index (χ3n) is 2.47. The minimum atomic E-state index is -5.43. The number of hydrogen-bond acceptors (Lipinski definition) is 3. The van der Waals surface area contributed by atoms with E-state index in [1.807, 2.05) is 0 Å². The molecule has 0 aliphatic carbocycles. The fraction of sp³-hybridized carbons (Fsp3) is 0.0909. The molecule has 0 fully saturated rings. The van der Waals surface area contributed by atoms with E-state index in [1.165, 1.54) is 12.3 Å². The molecule has 0 unspecified atom stereocenters. The Bertz CT molecular complexity index is 690. The summed E-state index contributed by atoms with van der Waals surface area (Å²) in [4.78, 5) is 1.76. The second-order valence-corrected chi connectivity index (χ2v) is 5.65. The molecule has 1 aromatic heterocycles. The maximum atomic E-state index is 12.4. The monoisotopic (exact) mass is 291 g/mol. The highest BCUT2D eigenvalue weighted by Crippen LogP contribution is 2.35. The number of hydrogen-bond donors (Lipinski definition) is 2. The Kier molecular flexibility index (Phi) is 3.05. The Balaban J connectivity index is 2.61. The lowest BCUT2D eigenvalue weighted by Gasteiger charge is -2.10. The zero-order valence-corrected chi connectivity index (χ0v) is 10.1. The van der Waals surface area contributed by atoms with E-state index in [1.54, 1.807) is 6.07 Å². The normalized spacial score (nSPS) is 12.6. The van der Waals surface area contributed by atoms with Gasteiger partial charge in [-0.05, 0) is 30.3 Å². The fourth-order valence-electron chi connectivity index (χ4n) is 1.53. The highest BCUT2D eigenvalue weighted by molar-refractivity contribution is 7.92. The van der Waals surface area contributed by atoms with Gasteiger partial charge in [0.15, 0.2) is 0 Å². The molecular formula is C11H8F3NO3S. The van der Waals surface area contributed by atoms with Crippen molar-refractivity contribution in [1.29, 1.82) is 0 Å². The number of rotatable bonds is 2. The zero-order valence-electron chi connectivity index (χ0n) is 9.27. The molecular weight excluding hydrogens is 283 g/mol. The summed E-state index contributed by atoms with van der Waals surface area (Å²) in [6.45, 7) is 0. The Morgan fingerprint density at radius 2 is 1.84 bits per heavy atom. The van der Waals surface area contributed by atoms with Crippen LogP contribution in [0, 0.1) is 0 Å². The average molecular weight is 291 g/mol. The molecule has 0 amide bonds. The summed E-state index contributed by atoms with van der Waals surface area (Å²) < 4.78 is 59.8. The van der Waals surface area contributed by atoms with Crippen LogP contribution in [0.4, 0.5) is 13.2 Å². The van der Waals surface area contributed by atoms with Crippen molar-refractivity contribution in [2.45, 2.75) is 10.4 Å². The number of phenolic OH excluding ortho intramolecular Hbond substituents is 1. The molecule has 0 radical (unpaired) electrons. The predicted octanol–water partition coefficient (Wildman–Crippen LogP) is 2.68. The molecule has 4 nitrogen and oxygen atoms in total. The minimum Gasteiger partial charge on any atom is -0.507 e. The SMILES string of the molecule is O=S(=O)(c1ccc(O)c(-c2ccc[nH]2)c1)C(F)(F)F. The highest BCUT2D eigenvalue weighted by Gasteiger charge is 2.47. The first-order chi connectivity index (χ1) is 8.73. The fourth-order valence-corrected chi connectivity index (χ4v) is 2.32. The number of phenols is 1. The van der Waals surface area contributed by atoms with Gasteiger partial charge in [-0.15, -0.1) is 0 Å². The highest BCUT2D eigenvalue weighted by atomic mass is 32.2. The molecule has 0 aliphatic rings. The molecule has 102 valence electrons. The van der Waals surface area contributed by atoms with Gasteiger partial charge in [0.1, 0.15) is 5.75 Å². The third-order valence-corrected chi connectivity index (χ3v) is 3.96. The zero-order chi connectivity index (χ0) is 14.3. The van der Waals surface area contributed by atoms with Gasteiger partial charge in [0.25, 0.3) is 9.84 Å². The summed E-state index contributed by atoms with van der Waals surface area (Å²) in [5, 5.41) is 9.58. The van der Waals surface area contributed by atoms with E-state index in [-0.39, 0.29) is 11.3 Å². The van der Waals surface area contributed by atoms with E-state index < -0.39 is 20.2 Å². The summed E-state index contributed by atoms with van der Waals surface area (Å²) in [6, 6.07) is 5.47. The van der Waals surface area contributed by atoms with Gasteiger partial charge in [-0.25, -0.2) is 8.42 Å². The van der Waals surface area contributed by atoms with Crippen LogP contribution in [0.25, 0.3) is 11.3 Å². The van der Waals surface area contributed by atoms with Crippen molar-refractivity contribution in [2.24, 2.45) is 0 Å². The van der Waals surface area contributed by atoms with E-state index in [0.29, 0.717) is 11.8 Å². The van der Waals surface area contributed by atoms with E-state index in [9.17, 15) is 26.7 Å². The lowest BCUT2D eigenvalue weighted by Crippen LogP contribution is -2.23. The van der Waals surface area contributed by atoms with Crippen LogP contribution in [-0.2, 0) is 9.84 Å². The van der Waals surface area contributed by atoms with Gasteiger partial charge >= 0.3 is 5.51 Å². The van der Waals surface area contributed by atoms with Crippen LogP contribution in [-0.4, -0.2) is 24.0 Å². The van der Waals surface area contributed by atoms with Crippen molar-refractivity contribution >= 4 is 9.84 Å². The van der Waals surface area contributed by atoms with Gasteiger partial charge < -0.3 is 10.1 Å². The number of aromatic amines is 1. The van der Waals surface area contributed by atoms with Crippen molar-refractivity contribution < 1.29 is 26.7 Å². The van der Waals surface area contributed by atoms with Crippen molar-refractivity contribution in [3.63, 3.8) is 0 Å². The molecule has 0 atom stereocenters. The van der Waals surface area contributed by atoms with Crippen LogP contribution in [0.1, 0.15) is 0 Å². The Hall–Kier alpha value is -1.96. The molecule has 0 spiro atoms. The second kappa shape index (κ2) is 4.30. The number of nitrogens with one attached hydrogen (secondary N) is 1. The summed E-state index contributed by atoms with van der Waals surface area (Å²) in [6.07, 6.45) is 1.50. The van der Waals surface area contributed by atoms with Crippen molar-refractivity contribution in [1.82, 2.24) is 4.98 Å². The Labute approximate surface area is 106 Å². The van der Waals surface area contributed by atoms with Crippen LogP contribution in [0.5, 0.6) is 5.75 Å². The van der Waals surface area contributed by atoms with Gasteiger partial charge in [0.2, 0.25) is 0 Å². The summed E-state index contributed by atoms with van der Waals surface area (Å²) in [7, 11) is -5.43. The van der Waals surface area contributed by atoms with Crippen LogP contribution >= 0.6 is 0 Å². The Morgan fingerprint density at radius 1 is 1.16 bits per heavy atom. The maximum Gasteiger partial charge on any atom is 0.501 e. The lowest BCUT2D eigenvalue weighted by atomic mass is 10.1. The van der Waals surface area contributed by atoms with Gasteiger partial charge in [0, 0.05) is 17.5 Å². The summed E-state index contributed by atoms with van der Waals surface area (Å²) >= 11 is 0. The van der Waals surface area contributed by atoms with E-state index in [2.05, 4.69) is 4.98 Å².